The largest absolute Gasteiger partial charge is 0.372 e. The molecule has 108 valence electrons. The number of carbonyl (C=O) groups is 1. The Morgan fingerprint density at radius 1 is 1.14 bits per heavy atom. The Kier molecular flexibility index (Phi) is 3.81. The third-order valence-corrected chi connectivity index (χ3v) is 3.80. The lowest BCUT2D eigenvalue weighted by Gasteiger charge is -2.20. The van der Waals surface area contributed by atoms with Crippen LogP contribution < -0.4 is 9.80 Å². The number of amides is 1. The maximum absolute atomic E-state index is 12.3. The van der Waals surface area contributed by atoms with E-state index in [0.29, 0.717) is 5.69 Å². The summed E-state index contributed by atoms with van der Waals surface area (Å²) in [7, 11) is 1.75. The lowest BCUT2D eigenvalue weighted by atomic mass is 10.2. The normalized spacial score (nSPS) is 14.2. The van der Waals surface area contributed by atoms with Crippen molar-refractivity contribution in [2.24, 2.45) is 0 Å². The van der Waals surface area contributed by atoms with Gasteiger partial charge in [0.15, 0.2) is 0 Å². The van der Waals surface area contributed by atoms with E-state index < -0.39 is 0 Å². The molecule has 2 heterocycles. The molecular weight excluding hydrogens is 264 g/mol. The van der Waals surface area contributed by atoms with Gasteiger partial charge in [-0.25, -0.2) is 4.98 Å². The first-order valence-corrected chi connectivity index (χ1v) is 7.15. The number of anilines is 2. The van der Waals surface area contributed by atoms with Gasteiger partial charge in [-0.15, -0.1) is 0 Å². The minimum Gasteiger partial charge on any atom is -0.372 e. The minimum absolute atomic E-state index is 0.156. The lowest BCUT2D eigenvalue weighted by molar-refractivity contribution is 0.0988. The molecule has 5 heteroatoms. The maximum atomic E-state index is 12.3. The van der Waals surface area contributed by atoms with Gasteiger partial charge in [0.25, 0.3) is 5.91 Å². The average molecular weight is 282 g/mol. The quantitative estimate of drug-likeness (QED) is 0.867. The van der Waals surface area contributed by atoms with E-state index in [1.165, 1.54) is 30.9 Å². The van der Waals surface area contributed by atoms with Crippen molar-refractivity contribution in [1.82, 2.24) is 9.97 Å². The number of hydrogen-bond acceptors (Lipinski definition) is 4. The van der Waals surface area contributed by atoms with Gasteiger partial charge in [0.1, 0.15) is 5.69 Å². The van der Waals surface area contributed by atoms with Crippen LogP contribution in [-0.4, -0.2) is 36.0 Å². The van der Waals surface area contributed by atoms with Crippen LogP contribution in [0.25, 0.3) is 0 Å². The molecule has 0 spiro atoms. The molecule has 0 saturated carbocycles. The van der Waals surface area contributed by atoms with Crippen LogP contribution in [0.5, 0.6) is 0 Å². The molecule has 0 bridgehead atoms. The molecule has 1 aliphatic heterocycles. The average Bonchev–Trinajstić information content (AvgIpc) is 3.09. The third kappa shape index (κ3) is 2.86. The van der Waals surface area contributed by atoms with E-state index in [0.717, 1.165) is 18.8 Å². The molecule has 0 atom stereocenters. The van der Waals surface area contributed by atoms with E-state index in [4.69, 9.17) is 0 Å². The molecule has 1 fully saturated rings. The van der Waals surface area contributed by atoms with Gasteiger partial charge in [0.05, 0.1) is 6.20 Å². The van der Waals surface area contributed by atoms with Gasteiger partial charge in [-0.2, -0.15) is 0 Å². The Morgan fingerprint density at radius 2 is 1.86 bits per heavy atom. The molecule has 0 unspecified atom stereocenters. The molecule has 1 aromatic heterocycles. The third-order valence-electron chi connectivity index (χ3n) is 3.80. The highest BCUT2D eigenvalue weighted by Gasteiger charge is 2.16. The second kappa shape index (κ2) is 5.91. The van der Waals surface area contributed by atoms with Crippen LogP contribution in [0, 0.1) is 0 Å². The Bertz CT molecular complexity index is 606. The fourth-order valence-corrected chi connectivity index (χ4v) is 2.56. The van der Waals surface area contributed by atoms with E-state index in [9.17, 15) is 4.79 Å². The van der Waals surface area contributed by atoms with Crippen LogP contribution in [0.1, 0.15) is 23.3 Å². The SMILES string of the molecule is CN(C(=O)c1cnccn1)c1ccc(N2CCCC2)cc1. The highest BCUT2D eigenvalue weighted by Crippen LogP contribution is 2.23. The second-order valence-corrected chi connectivity index (χ2v) is 5.17. The van der Waals surface area contributed by atoms with Gasteiger partial charge in [-0.05, 0) is 37.1 Å². The minimum atomic E-state index is -0.156. The molecule has 0 radical (unpaired) electrons. The Morgan fingerprint density at radius 3 is 2.48 bits per heavy atom. The van der Waals surface area contributed by atoms with E-state index in [1.54, 1.807) is 18.1 Å². The van der Waals surface area contributed by atoms with Crippen LogP contribution in [-0.2, 0) is 0 Å². The summed E-state index contributed by atoms with van der Waals surface area (Å²) in [6, 6.07) is 8.09. The van der Waals surface area contributed by atoms with E-state index in [1.807, 2.05) is 12.1 Å². The van der Waals surface area contributed by atoms with Gasteiger partial charge in [0, 0.05) is 43.9 Å². The molecule has 0 aliphatic carbocycles. The summed E-state index contributed by atoms with van der Waals surface area (Å²) in [5.74, 6) is -0.156. The van der Waals surface area contributed by atoms with Crippen molar-refractivity contribution in [3.05, 3.63) is 48.5 Å². The van der Waals surface area contributed by atoms with Crippen molar-refractivity contribution in [3.8, 4) is 0 Å². The van der Waals surface area contributed by atoms with Crippen LogP contribution >= 0.6 is 0 Å². The molecule has 3 rings (SSSR count). The summed E-state index contributed by atoms with van der Waals surface area (Å²) in [6.07, 6.45) is 7.08. The first-order chi connectivity index (χ1) is 10.3. The van der Waals surface area contributed by atoms with Crippen molar-refractivity contribution in [2.45, 2.75) is 12.8 Å². The molecule has 1 amide bonds. The molecule has 21 heavy (non-hydrogen) atoms. The Balaban J connectivity index is 1.75. The fourth-order valence-electron chi connectivity index (χ4n) is 2.56. The van der Waals surface area contributed by atoms with Crippen molar-refractivity contribution in [3.63, 3.8) is 0 Å². The maximum Gasteiger partial charge on any atom is 0.278 e. The number of hydrogen-bond donors (Lipinski definition) is 0. The van der Waals surface area contributed by atoms with Gasteiger partial charge < -0.3 is 9.80 Å². The topological polar surface area (TPSA) is 49.3 Å². The summed E-state index contributed by atoms with van der Waals surface area (Å²) in [4.78, 5) is 24.2. The van der Waals surface area contributed by atoms with E-state index >= 15 is 0 Å². The van der Waals surface area contributed by atoms with Crippen LogP contribution in [0.2, 0.25) is 0 Å². The predicted octanol–water partition coefficient (Wildman–Crippen LogP) is 2.35. The molecule has 5 nitrogen and oxygen atoms in total. The standard InChI is InChI=1S/C16H18N4O/c1-19(16(21)15-12-17-8-9-18-15)13-4-6-14(7-5-13)20-10-2-3-11-20/h4-9,12H,2-3,10-11H2,1H3. The van der Waals surface area contributed by atoms with E-state index in [2.05, 4.69) is 27.0 Å². The summed E-state index contributed by atoms with van der Waals surface area (Å²) in [5, 5.41) is 0. The van der Waals surface area contributed by atoms with Gasteiger partial charge in [-0.1, -0.05) is 0 Å². The highest BCUT2D eigenvalue weighted by molar-refractivity contribution is 6.04. The zero-order valence-electron chi connectivity index (χ0n) is 12.1. The number of benzene rings is 1. The molecule has 2 aromatic rings. The molecular formula is C16H18N4O. The molecule has 1 saturated heterocycles. The van der Waals surface area contributed by atoms with Gasteiger partial charge >= 0.3 is 0 Å². The summed E-state index contributed by atoms with van der Waals surface area (Å²) < 4.78 is 0. The van der Waals surface area contributed by atoms with Gasteiger partial charge in [0.2, 0.25) is 0 Å². The van der Waals surface area contributed by atoms with Crippen molar-refractivity contribution >= 4 is 17.3 Å². The van der Waals surface area contributed by atoms with Crippen LogP contribution in [0.4, 0.5) is 11.4 Å². The zero-order chi connectivity index (χ0) is 14.7. The Labute approximate surface area is 124 Å². The number of rotatable bonds is 3. The summed E-state index contributed by atoms with van der Waals surface area (Å²) in [6.45, 7) is 2.24. The van der Waals surface area contributed by atoms with Crippen molar-refractivity contribution in [2.75, 3.05) is 29.9 Å². The number of nitrogens with zero attached hydrogens (tertiary/aromatic N) is 4. The van der Waals surface area contributed by atoms with Crippen LogP contribution in [0.15, 0.2) is 42.9 Å². The predicted molar refractivity (Wildman–Crippen MR) is 82.7 cm³/mol. The summed E-state index contributed by atoms with van der Waals surface area (Å²) in [5.41, 5.74) is 2.42. The number of aromatic nitrogens is 2. The van der Waals surface area contributed by atoms with Crippen molar-refractivity contribution in [1.29, 1.82) is 0 Å². The van der Waals surface area contributed by atoms with Crippen molar-refractivity contribution < 1.29 is 4.79 Å². The molecule has 1 aromatic carbocycles. The summed E-state index contributed by atoms with van der Waals surface area (Å²) >= 11 is 0. The fraction of sp³-hybridized carbons (Fsp3) is 0.312. The highest BCUT2D eigenvalue weighted by atomic mass is 16.2. The zero-order valence-corrected chi connectivity index (χ0v) is 12.1. The molecule has 1 aliphatic rings. The van der Waals surface area contributed by atoms with Gasteiger partial charge in [-0.3, -0.25) is 9.78 Å². The second-order valence-electron chi connectivity index (χ2n) is 5.17. The smallest absolute Gasteiger partial charge is 0.278 e. The van der Waals surface area contributed by atoms with E-state index in [-0.39, 0.29) is 5.91 Å². The number of carbonyl (C=O) groups excluding carboxylic acids is 1. The monoisotopic (exact) mass is 282 g/mol. The Hall–Kier alpha value is -2.43. The first-order valence-electron chi connectivity index (χ1n) is 7.15. The first kappa shape index (κ1) is 13.5. The molecule has 0 N–H and O–H groups in total. The van der Waals surface area contributed by atoms with Crippen LogP contribution in [0.3, 0.4) is 0 Å². The lowest BCUT2D eigenvalue weighted by Crippen LogP contribution is -2.27.